The van der Waals surface area contributed by atoms with E-state index in [4.69, 9.17) is 0 Å². The van der Waals surface area contributed by atoms with Crippen molar-refractivity contribution in [2.24, 2.45) is 0 Å². The first-order valence-corrected chi connectivity index (χ1v) is 8.38. The average molecular weight is 312 g/mol. The fraction of sp³-hybridized carbons (Fsp3) is 0.786. The van der Waals surface area contributed by atoms with Crippen LogP contribution in [0.5, 0.6) is 0 Å². The molecule has 0 bridgehead atoms. The van der Waals surface area contributed by atoms with Crippen LogP contribution >= 0.6 is 11.8 Å². The van der Waals surface area contributed by atoms with Gasteiger partial charge in [0.2, 0.25) is 5.91 Å². The van der Waals surface area contributed by atoms with Crippen molar-refractivity contribution in [1.29, 1.82) is 0 Å². The van der Waals surface area contributed by atoms with Crippen LogP contribution in [-0.4, -0.2) is 55.6 Å². The fourth-order valence-electron chi connectivity index (χ4n) is 2.65. The van der Waals surface area contributed by atoms with Crippen LogP contribution < -0.4 is 0 Å². The predicted molar refractivity (Wildman–Crippen MR) is 82.2 cm³/mol. The van der Waals surface area contributed by atoms with E-state index in [1.54, 1.807) is 18.3 Å². The third-order valence-electron chi connectivity index (χ3n) is 3.91. The Hall–Kier alpha value is -1.08. The van der Waals surface area contributed by atoms with Crippen molar-refractivity contribution < 1.29 is 9.90 Å². The third-order valence-corrected chi connectivity index (χ3v) is 4.85. The minimum Gasteiger partial charge on any atom is -0.388 e. The number of thioether (sulfide) groups is 1. The zero-order valence-electron chi connectivity index (χ0n) is 12.9. The summed E-state index contributed by atoms with van der Waals surface area (Å²) >= 11 is 1.39. The molecule has 0 atom stereocenters. The van der Waals surface area contributed by atoms with Gasteiger partial charge in [-0.3, -0.25) is 4.79 Å². The van der Waals surface area contributed by atoms with Crippen molar-refractivity contribution in [1.82, 2.24) is 19.7 Å². The molecule has 0 aromatic carbocycles. The van der Waals surface area contributed by atoms with Crippen molar-refractivity contribution in [3.05, 3.63) is 6.33 Å². The molecule has 0 aliphatic heterocycles. The first kappa shape index (κ1) is 16.3. The standard InChI is InChI=1S/C14H24N4O2S/c1-11(2)18-10-15-16-13(18)21-8-12(19)17(3)9-14(20)6-4-5-7-14/h10-11,20H,4-9H2,1-3H3. The molecule has 21 heavy (non-hydrogen) atoms. The van der Waals surface area contributed by atoms with E-state index in [9.17, 15) is 9.90 Å². The average Bonchev–Trinajstić information content (AvgIpc) is 3.04. The summed E-state index contributed by atoms with van der Waals surface area (Å²) in [6.45, 7) is 4.53. The summed E-state index contributed by atoms with van der Waals surface area (Å²) in [4.78, 5) is 13.8. The molecule has 0 spiro atoms. The van der Waals surface area contributed by atoms with Crippen LogP contribution in [-0.2, 0) is 4.79 Å². The van der Waals surface area contributed by atoms with Crippen molar-refractivity contribution >= 4 is 17.7 Å². The monoisotopic (exact) mass is 312 g/mol. The highest BCUT2D eigenvalue weighted by Crippen LogP contribution is 2.30. The van der Waals surface area contributed by atoms with Gasteiger partial charge in [0.05, 0.1) is 11.4 Å². The molecule has 0 radical (unpaired) electrons. The van der Waals surface area contributed by atoms with Crippen LogP contribution in [0, 0.1) is 0 Å². The Balaban J connectivity index is 1.85. The topological polar surface area (TPSA) is 71.2 Å². The van der Waals surface area contributed by atoms with Crippen LogP contribution in [0.25, 0.3) is 0 Å². The lowest BCUT2D eigenvalue weighted by molar-refractivity contribution is -0.130. The second-order valence-electron chi connectivity index (χ2n) is 6.08. The summed E-state index contributed by atoms with van der Waals surface area (Å²) in [5.74, 6) is 0.330. The van der Waals surface area contributed by atoms with Gasteiger partial charge in [-0.05, 0) is 26.7 Å². The van der Waals surface area contributed by atoms with Crippen LogP contribution in [0.1, 0.15) is 45.6 Å². The second-order valence-corrected chi connectivity index (χ2v) is 7.03. The van der Waals surface area contributed by atoms with Crippen molar-refractivity contribution in [3.63, 3.8) is 0 Å². The fourth-order valence-corrected chi connectivity index (χ4v) is 3.63. The Morgan fingerprint density at radius 1 is 1.52 bits per heavy atom. The highest BCUT2D eigenvalue weighted by atomic mass is 32.2. The molecule has 118 valence electrons. The second kappa shape index (κ2) is 6.79. The maximum Gasteiger partial charge on any atom is 0.232 e. The first-order valence-electron chi connectivity index (χ1n) is 7.40. The van der Waals surface area contributed by atoms with Crippen LogP contribution in [0.2, 0.25) is 0 Å². The zero-order chi connectivity index (χ0) is 15.5. The molecule has 7 heteroatoms. The summed E-state index contributed by atoms with van der Waals surface area (Å²) in [6, 6.07) is 0.273. The number of carbonyl (C=O) groups is 1. The van der Waals surface area contributed by atoms with Crippen LogP contribution in [0.15, 0.2) is 11.5 Å². The Morgan fingerprint density at radius 2 is 2.19 bits per heavy atom. The summed E-state index contributed by atoms with van der Waals surface area (Å²) in [7, 11) is 1.76. The van der Waals surface area contributed by atoms with E-state index >= 15 is 0 Å². The van der Waals surface area contributed by atoms with E-state index < -0.39 is 5.60 Å². The van der Waals surface area contributed by atoms with Crippen molar-refractivity contribution in [2.75, 3.05) is 19.3 Å². The Bertz CT molecular complexity index is 483. The maximum absolute atomic E-state index is 12.2. The summed E-state index contributed by atoms with van der Waals surface area (Å²) in [6.07, 6.45) is 5.36. The minimum atomic E-state index is -0.687. The van der Waals surface area contributed by atoms with Gasteiger partial charge in [-0.25, -0.2) is 0 Å². The first-order chi connectivity index (χ1) is 9.91. The number of nitrogens with zero attached hydrogens (tertiary/aromatic N) is 4. The molecule has 0 saturated heterocycles. The molecule has 2 rings (SSSR count). The number of rotatable bonds is 6. The molecule has 1 saturated carbocycles. The summed E-state index contributed by atoms with van der Waals surface area (Å²) in [5, 5.41) is 19.0. The van der Waals surface area contributed by atoms with E-state index in [0.717, 1.165) is 30.8 Å². The lowest BCUT2D eigenvalue weighted by Crippen LogP contribution is -2.42. The molecule has 1 N–H and O–H groups in total. The Morgan fingerprint density at radius 3 is 2.81 bits per heavy atom. The number of aliphatic hydroxyl groups is 1. The van der Waals surface area contributed by atoms with E-state index in [1.165, 1.54) is 11.8 Å². The van der Waals surface area contributed by atoms with Gasteiger partial charge in [-0.1, -0.05) is 24.6 Å². The van der Waals surface area contributed by atoms with E-state index in [2.05, 4.69) is 24.0 Å². The van der Waals surface area contributed by atoms with Gasteiger partial charge < -0.3 is 14.6 Å². The molecule has 6 nitrogen and oxygen atoms in total. The van der Waals surface area contributed by atoms with Crippen molar-refractivity contribution in [3.8, 4) is 0 Å². The minimum absolute atomic E-state index is 0.0126. The number of hydrogen-bond donors (Lipinski definition) is 1. The van der Waals surface area contributed by atoms with Gasteiger partial charge in [0.1, 0.15) is 6.33 Å². The van der Waals surface area contributed by atoms with E-state index in [0.29, 0.717) is 12.3 Å². The van der Waals surface area contributed by atoms with Crippen LogP contribution in [0.3, 0.4) is 0 Å². The SMILES string of the molecule is CC(C)n1cnnc1SCC(=O)N(C)CC1(O)CCCC1. The van der Waals surface area contributed by atoms with Gasteiger partial charge in [0.15, 0.2) is 5.16 Å². The number of likely N-dealkylation sites (N-methyl/N-ethyl adjacent to an activating group) is 1. The predicted octanol–water partition coefficient (Wildman–Crippen LogP) is 1.71. The highest BCUT2D eigenvalue weighted by molar-refractivity contribution is 7.99. The quantitative estimate of drug-likeness (QED) is 0.810. The van der Waals surface area contributed by atoms with Gasteiger partial charge in [-0.15, -0.1) is 10.2 Å². The lowest BCUT2D eigenvalue weighted by atomic mass is 10.0. The zero-order valence-corrected chi connectivity index (χ0v) is 13.8. The molecule has 1 aliphatic carbocycles. The molecular weight excluding hydrogens is 288 g/mol. The summed E-state index contributed by atoms with van der Waals surface area (Å²) in [5.41, 5.74) is -0.687. The number of aromatic nitrogens is 3. The highest BCUT2D eigenvalue weighted by Gasteiger charge is 2.33. The molecule has 0 unspecified atom stereocenters. The van der Waals surface area contributed by atoms with E-state index in [1.807, 2.05) is 4.57 Å². The molecule has 1 aromatic heterocycles. The van der Waals surface area contributed by atoms with Gasteiger partial charge in [0, 0.05) is 19.6 Å². The molecule has 1 aromatic rings. The normalized spacial score (nSPS) is 17.4. The molecule has 1 heterocycles. The smallest absolute Gasteiger partial charge is 0.232 e. The van der Waals surface area contributed by atoms with Gasteiger partial charge in [-0.2, -0.15) is 0 Å². The van der Waals surface area contributed by atoms with Crippen LogP contribution in [0.4, 0.5) is 0 Å². The Labute approximate surface area is 129 Å². The number of amides is 1. The maximum atomic E-state index is 12.2. The number of hydrogen-bond acceptors (Lipinski definition) is 5. The Kier molecular flexibility index (Phi) is 5.27. The lowest BCUT2D eigenvalue weighted by Gasteiger charge is -2.28. The number of carbonyl (C=O) groups excluding carboxylic acids is 1. The van der Waals surface area contributed by atoms with Gasteiger partial charge >= 0.3 is 0 Å². The van der Waals surface area contributed by atoms with Gasteiger partial charge in [0.25, 0.3) is 0 Å². The van der Waals surface area contributed by atoms with Crippen molar-refractivity contribution in [2.45, 2.75) is 56.3 Å². The molecule has 1 fully saturated rings. The molecule has 1 aliphatic rings. The third kappa shape index (κ3) is 4.20. The molecule has 1 amide bonds. The summed E-state index contributed by atoms with van der Waals surface area (Å²) < 4.78 is 1.95. The van der Waals surface area contributed by atoms with E-state index in [-0.39, 0.29) is 11.9 Å². The largest absolute Gasteiger partial charge is 0.388 e. The molecular formula is C14H24N4O2S.